The molecule has 0 radical (unpaired) electrons. The number of benzene rings is 2. The number of carbonyl (C=O) groups excluding carboxylic acids is 2. The van der Waals surface area contributed by atoms with Crippen LogP contribution in [0.15, 0.2) is 48.5 Å². The van der Waals surface area contributed by atoms with Crippen molar-refractivity contribution in [3.63, 3.8) is 0 Å². The van der Waals surface area contributed by atoms with Crippen LogP contribution < -0.4 is 15.5 Å². The maximum atomic E-state index is 13.3. The summed E-state index contributed by atoms with van der Waals surface area (Å²) >= 11 is 0. The second-order valence-electron chi connectivity index (χ2n) is 9.46. The summed E-state index contributed by atoms with van der Waals surface area (Å²) in [6.07, 6.45) is 3.70. The van der Waals surface area contributed by atoms with Crippen LogP contribution in [0.5, 0.6) is 0 Å². The summed E-state index contributed by atoms with van der Waals surface area (Å²) in [5.74, 6) is 0.507. The number of rotatable bonds is 9. The van der Waals surface area contributed by atoms with Crippen LogP contribution in [0.3, 0.4) is 0 Å². The van der Waals surface area contributed by atoms with Gasteiger partial charge in [0, 0.05) is 57.1 Å². The van der Waals surface area contributed by atoms with Crippen molar-refractivity contribution >= 4 is 23.2 Å². The van der Waals surface area contributed by atoms with E-state index in [0.717, 1.165) is 70.9 Å². The second-order valence-corrected chi connectivity index (χ2v) is 9.46. The molecule has 0 bridgehead atoms. The molecule has 2 aromatic rings. The predicted molar refractivity (Wildman–Crippen MR) is 140 cm³/mol. The normalized spacial score (nSPS) is 17.2. The minimum absolute atomic E-state index is 0.0573. The third-order valence-corrected chi connectivity index (χ3v) is 6.99. The van der Waals surface area contributed by atoms with Gasteiger partial charge in [-0.05, 0) is 48.9 Å². The van der Waals surface area contributed by atoms with Gasteiger partial charge in [0.25, 0.3) is 5.91 Å². The highest BCUT2D eigenvalue weighted by Crippen LogP contribution is 2.30. The lowest BCUT2D eigenvalue weighted by Crippen LogP contribution is -2.41. The van der Waals surface area contributed by atoms with Crippen molar-refractivity contribution in [2.75, 3.05) is 62.7 Å². The highest BCUT2D eigenvalue weighted by Gasteiger charge is 2.24. The number of piperidine rings is 1. The lowest BCUT2D eigenvalue weighted by Gasteiger charge is -2.35. The molecule has 2 aliphatic heterocycles. The van der Waals surface area contributed by atoms with E-state index in [1.54, 1.807) is 0 Å². The van der Waals surface area contributed by atoms with Crippen LogP contribution in [0.2, 0.25) is 0 Å². The van der Waals surface area contributed by atoms with Gasteiger partial charge in [0.1, 0.15) is 0 Å². The molecule has 7 heteroatoms. The standard InChI is InChI=1S/C28H38N4O3/c1-2-27(33)30-24-8-9-26(25(21-24)28(34)29-12-15-31-16-18-35-19-17-31)32-13-10-23(11-14-32)20-22-6-4-3-5-7-22/h3-9,21,23H,2,10-20H2,1H3,(H,29,34)(H,30,33). The minimum Gasteiger partial charge on any atom is -0.379 e. The summed E-state index contributed by atoms with van der Waals surface area (Å²) in [6, 6.07) is 16.4. The van der Waals surface area contributed by atoms with Crippen molar-refractivity contribution in [1.82, 2.24) is 10.2 Å². The van der Waals surface area contributed by atoms with Gasteiger partial charge in [-0.15, -0.1) is 0 Å². The molecule has 2 N–H and O–H groups in total. The molecule has 2 aliphatic rings. The first kappa shape index (κ1) is 25.2. The smallest absolute Gasteiger partial charge is 0.253 e. The molecule has 0 aromatic heterocycles. The van der Waals surface area contributed by atoms with Crippen LogP contribution in [-0.4, -0.2) is 69.2 Å². The molecule has 2 amide bonds. The van der Waals surface area contributed by atoms with Crippen molar-refractivity contribution < 1.29 is 14.3 Å². The van der Waals surface area contributed by atoms with Gasteiger partial charge < -0.3 is 20.3 Å². The number of anilines is 2. The van der Waals surface area contributed by atoms with Gasteiger partial charge in [-0.1, -0.05) is 37.3 Å². The predicted octanol–water partition coefficient (Wildman–Crippen LogP) is 3.56. The first-order valence-electron chi connectivity index (χ1n) is 12.9. The van der Waals surface area contributed by atoms with Gasteiger partial charge in [0.15, 0.2) is 0 Å². The fourth-order valence-electron chi connectivity index (χ4n) is 4.89. The third kappa shape index (κ3) is 7.29. The van der Waals surface area contributed by atoms with Gasteiger partial charge >= 0.3 is 0 Å². The Labute approximate surface area is 208 Å². The Morgan fingerprint density at radius 1 is 1.00 bits per heavy atom. The summed E-state index contributed by atoms with van der Waals surface area (Å²) < 4.78 is 5.41. The molecule has 35 heavy (non-hydrogen) atoms. The lowest BCUT2D eigenvalue weighted by atomic mass is 9.89. The largest absolute Gasteiger partial charge is 0.379 e. The molecule has 2 saturated heterocycles. The number of morpholine rings is 1. The van der Waals surface area contributed by atoms with Gasteiger partial charge in [0.2, 0.25) is 5.91 Å². The van der Waals surface area contributed by atoms with Crippen molar-refractivity contribution in [3.05, 3.63) is 59.7 Å². The molecule has 0 aliphatic carbocycles. The van der Waals surface area contributed by atoms with Crippen LogP contribution in [-0.2, 0) is 16.0 Å². The van der Waals surface area contributed by atoms with Crippen molar-refractivity contribution in [2.45, 2.75) is 32.6 Å². The van der Waals surface area contributed by atoms with E-state index in [-0.39, 0.29) is 11.8 Å². The average Bonchev–Trinajstić information content (AvgIpc) is 2.90. The maximum Gasteiger partial charge on any atom is 0.253 e. The monoisotopic (exact) mass is 478 g/mol. The van der Waals surface area contributed by atoms with Gasteiger partial charge in [-0.3, -0.25) is 14.5 Å². The first-order chi connectivity index (χ1) is 17.1. The van der Waals surface area contributed by atoms with E-state index in [4.69, 9.17) is 4.74 Å². The van der Waals surface area contributed by atoms with Crippen LogP contribution in [0.4, 0.5) is 11.4 Å². The van der Waals surface area contributed by atoms with Crippen LogP contribution in [0, 0.1) is 5.92 Å². The fourth-order valence-corrected chi connectivity index (χ4v) is 4.89. The molecular formula is C28H38N4O3. The highest BCUT2D eigenvalue weighted by atomic mass is 16.5. The summed E-state index contributed by atoms with van der Waals surface area (Å²) in [5.41, 5.74) is 3.63. The fraction of sp³-hybridized carbons (Fsp3) is 0.500. The Balaban J connectivity index is 1.41. The van der Waals surface area contributed by atoms with Crippen LogP contribution in [0.1, 0.15) is 42.1 Å². The number of nitrogens with one attached hydrogen (secondary N) is 2. The zero-order valence-corrected chi connectivity index (χ0v) is 20.8. The third-order valence-electron chi connectivity index (χ3n) is 6.99. The Kier molecular flexibility index (Phi) is 9.15. The quantitative estimate of drug-likeness (QED) is 0.577. The molecule has 0 atom stereocenters. The van der Waals surface area contributed by atoms with E-state index in [1.807, 2.05) is 25.1 Å². The Morgan fingerprint density at radius 3 is 2.46 bits per heavy atom. The molecule has 4 rings (SSSR count). The summed E-state index contributed by atoms with van der Waals surface area (Å²) in [6.45, 7) is 8.36. The zero-order valence-electron chi connectivity index (χ0n) is 20.8. The van der Waals surface area contributed by atoms with Crippen molar-refractivity contribution in [1.29, 1.82) is 0 Å². The maximum absolute atomic E-state index is 13.3. The minimum atomic E-state index is -0.0905. The second kappa shape index (κ2) is 12.7. The van der Waals surface area contributed by atoms with E-state index in [1.165, 1.54) is 5.56 Å². The number of hydrogen-bond acceptors (Lipinski definition) is 5. The lowest BCUT2D eigenvalue weighted by molar-refractivity contribution is -0.115. The zero-order chi connectivity index (χ0) is 24.5. The molecule has 2 heterocycles. The Morgan fingerprint density at radius 2 is 1.74 bits per heavy atom. The van der Waals surface area contributed by atoms with Crippen LogP contribution >= 0.6 is 0 Å². The van der Waals surface area contributed by atoms with Gasteiger partial charge in [-0.25, -0.2) is 0 Å². The Bertz CT molecular complexity index is 967. The molecule has 7 nitrogen and oxygen atoms in total. The highest BCUT2D eigenvalue weighted by molar-refractivity contribution is 6.02. The molecule has 188 valence electrons. The number of hydrogen-bond donors (Lipinski definition) is 2. The molecule has 0 saturated carbocycles. The van der Waals surface area contributed by atoms with Gasteiger partial charge in [0.05, 0.1) is 18.8 Å². The summed E-state index contributed by atoms with van der Waals surface area (Å²) in [4.78, 5) is 29.8. The summed E-state index contributed by atoms with van der Waals surface area (Å²) in [5, 5.41) is 6.00. The number of ether oxygens (including phenoxy) is 1. The van der Waals surface area contributed by atoms with E-state index < -0.39 is 0 Å². The molecular weight excluding hydrogens is 440 g/mol. The summed E-state index contributed by atoms with van der Waals surface area (Å²) in [7, 11) is 0. The molecule has 0 spiro atoms. The van der Waals surface area contributed by atoms with Gasteiger partial charge in [-0.2, -0.15) is 0 Å². The topological polar surface area (TPSA) is 73.9 Å². The van der Waals surface area contributed by atoms with Crippen LogP contribution in [0.25, 0.3) is 0 Å². The number of carbonyl (C=O) groups is 2. The SMILES string of the molecule is CCC(=O)Nc1ccc(N2CCC(Cc3ccccc3)CC2)c(C(=O)NCCN2CCOCC2)c1. The number of amides is 2. The Hall–Kier alpha value is -2.90. The number of nitrogens with zero attached hydrogens (tertiary/aromatic N) is 2. The van der Waals surface area contributed by atoms with Crippen molar-refractivity contribution in [2.24, 2.45) is 5.92 Å². The van der Waals surface area contributed by atoms with Crippen molar-refractivity contribution in [3.8, 4) is 0 Å². The molecule has 0 unspecified atom stereocenters. The van der Waals surface area contributed by atoms with E-state index in [0.29, 0.717) is 30.1 Å². The van der Waals surface area contributed by atoms with E-state index >= 15 is 0 Å². The van der Waals surface area contributed by atoms with E-state index in [2.05, 4.69) is 50.8 Å². The molecule has 2 aromatic carbocycles. The first-order valence-corrected chi connectivity index (χ1v) is 12.9. The molecule has 2 fully saturated rings. The average molecular weight is 479 g/mol. The van der Waals surface area contributed by atoms with E-state index in [9.17, 15) is 9.59 Å².